The van der Waals surface area contributed by atoms with Gasteiger partial charge in [-0.05, 0) is 42.3 Å². The Morgan fingerprint density at radius 2 is 1.50 bits per heavy atom. The van der Waals surface area contributed by atoms with Crippen LogP contribution in [-0.2, 0) is 0 Å². The maximum atomic E-state index is 12.1. The third kappa shape index (κ3) is 4.93. The summed E-state index contributed by atoms with van der Waals surface area (Å²) in [6.07, 6.45) is -0.571. The minimum atomic E-state index is -0.571. The van der Waals surface area contributed by atoms with Gasteiger partial charge >= 0.3 is 0 Å². The highest BCUT2D eigenvalue weighted by molar-refractivity contribution is 6.04. The Balaban J connectivity index is 1.93. The lowest BCUT2D eigenvalue weighted by Gasteiger charge is -2.15. The maximum Gasteiger partial charge on any atom is 0.255 e. The van der Waals surface area contributed by atoms with Gasteiger partial charge in [0.2, 0.25) is 0 Å². The number of aliphatic hydroxyl groups excluding tert-OH is 1. The van der Waals surface area contributed by atoms with Crippen molar-refractivity contribution < 1.29 is 14.7 Å². The molecule has 5 nitrogen and oxygen atoms in total. The molecule has 1 atom stereocenters. The van der Waals surface area contributed by atoms with Crippen LogP contribution in [0.5, 0.6) is 0 Å². The summed E-state index contributed by atoms with van der Waals surface area (Å²) < 4.78 is 0. The normalized spacial score (nSPS) is 11.8. The van der Waals surface area contributed by atoms with Crippen LogP contribution in [0.2, 0.25) is 0 Å². The first-order chi connectivity index (χ1) is 11.5. The molecular weight excluding hydrogens is 304 g/mol. The van der Waals surface area contributed by atoms with Crippen LogP contribution in [0.1, 0.15) is 34.6 Å². The predicted octanol–water partition coefficient (Wildman–Crippen LogP) is 2.69. The Bertz CT molecular complexity index is 682. The smallest absolute Gasteiger partial charge is 0.255 e. The molecule has 0 spiro atoms. The van der Waals surface area contributed by atoms with Gasteiger partial charge in [-0.1, -0.05) is 32.0 Å². The summed E-state index contributed by atoms with van der Waals surface area (Å²) in [6.45, 7) is 3.99. The van der Waals surface area contributed by atoms with E-state index in [1.807, 2.05) is 19.9 Å². The number of anilines is 1. The van der Waals surface area contributed by atoms with Crippen LogP contribution in [0, 0.1) is 5.92 Å². The fraction of sp³-hybridized carbons (Fsp3) is 0.263. The number of hydrogen-bond acceptors (Lipinski definition) is 3. The molecule has 0 saturated heterocycles. The molecule has 0 aromatic heterocycles. The van der Waals surface area contributed by atoms with Crippen molar-refractivity contribution in [2.45, 2.75) is 20.0 Å². The lowest BCUT2D eigenvalue weighted by Crippen LogP contribution is -2.34. The maximum absolute atomic E-state index is 12.1. The zero-order chi connectivity index (χ0) is 17.5. The van der Waals surface area contributed by atoms with Crippen molar-refractivity contribution in [1.29, 1.82) is 0 Å². The first kappa shape index (κ1) is 17.7. The van der Waals surface area contributed by atoms with E-state index in [9.17, 15) is 14.7 Å². The number of aliphatic hydroxyl groups is 1. The van der Waals surface area contributed by atoms with E-state index in [4.69, 9.17) is 0 Å². The summed E-state index contributed by atoms with van der Waals surface area (Å²) in [5, 5.41) is 15.2. The third-order valence-electron chi connectivity index (χ3n) is 3.68. The van der Waals surface area contributed by atoms with Crippen LogP contribution in [0.25, 0.3) is 0 Å². The monoisotopic (exact) mass is 326 g/mol. The highest BCUT2D eigenvalue weighted by Crippen LogP contribution is 2.11. The van der Waals surface area contributed by atoms with E-state index in [-0.39, 0.29) is 24.3 Å². The highest BCUT2D eigenvalue weighted by Gasteiger charge is 2.12. The number of hydrogen-bond donors (Lipinski definition) is 3. The topological polar surface area (TPSA) is 78.4 Å². The molecule has 2 amide bonds. The lowest BCUT2D eigenvalue weighted by molar-refractivity contribution is 0.0871. The molecule has 0 aliphatic heterocycles. The number of amides is 2. The second kappa shape index (κ2) is 8.26. The van der Waals surface area contributed by atoms with Gasteiger partial charge in [-0.2, -0.15) is 0 Å². The van der Waals surface area contributed by atoms with E-state index in [0.717, 1.165) is 0 Å². The number of benzene rings is 2. The van der Waals surface area contributed by atoms with Gasteiger partial charge in [0.15, 0.2) is 0 Å². The van der Waals surface area contributed by atoms with E-state index in [1.54, 1.807) is 48.5 Å². The molecule has 0 fully saturated rings. The van der Waals surface area contributed by atoms with Gasteiger partial charge in [0.1, 0.15) is 0 Å². The van der Waals surface area contributed by atoms with Gasteiger partial charge in [-0.25, -0.2) is 0 Å². The summed E-state index contributed by atoms with van der Waals surface area (Å²) in [7, 11) is 0. The van der Waals surface area contributed by atoms with Crippen molar-refractivity contribution >= 4 is 17.5 Å². The van der Waals surface area contributed by atoms with Crippen LogP contribution in [0.15, 0.2) is 54.6 Å². The summed E-state index contributed by atoms with van der Waals surface area (Å²) in [5.41, 5.74) is 1.66. The van der Waals surface area contributed by atoms with E-state index < -0.39 is 6.10 Å². The molecule has 0 saturated carbocycles. The van der Waals surface area contributed by atoms with Gasteiger partial charge in [-0.15, -0.1) is 0 Å². The van der Waals surface area contributed by atoms with Crippen LogP contribution in [-0.4, -0.2) is 29.6 Å². The number of carbonyl (C=O) groups excluding carboxylic acids is 2. The molecule has 24 heavy (non-hydrogen) atoms. The molecule has 0 aliphatic carbocycles. The highest BCUT2D eigenvalue weighted by atomic mass is 16.3. The van der Waals surface area contributed by atoms with Crippen molar-refractivity contribution in [1.82, 2.24) is 5.32 Å². The van der Waals surface area contributed by atoms with Gasteiger partial charge in [0, 0.05) is 23.4 Å². The van der Waals surface area contributed by atoms with Crippen molar-refractivity contribution in [3.8, 4) is 0 Å². The molecule has 0 radical (unpaired) electrons. The Hall–Kier alpha value is -2.66. The van der Waals surface area contributed by atoms with Gasteiger partial charge in [-0.3, -0.25) is 9.59 Å². The van der Waals surface area contributed by atoms with Crippen molar-refractivity contribution in [3.63, 3.8) is 0 Å². The summed E-state index contributed by atoms with van der Waals surface area (Å²) in [4.78, 5) is 24.1. The number of rotatable bonds is 6. The average molecular weight is 326 g/mol. The van der Waals surface area contributed by atoms with Crippen LogP contribution in [0.4, 0.5) is 5.69 Å². The first-order valence-corrected chi connectivity index (χ1v) is 7.90. The molecule has 2 rings (SSSR count). The standard InChI is InChI=1S/C19H22N2O3/c1-13(2)17(22)12-20-18(23)15-8-10-16(11-9-15)21-19(24)14-6-4-3-5-7-14/h3-11,13,17,22H,12H2,1-2H3,(H,20,23)(H,21,24). The number of nitrogens with one attached hydrogen (secondary N) is 2. The van der Waals surface area contributed by atoms with E-state index >= 15 is 0 Å². The minimum Gasteiger partial charge on any atom is -0.391 e. The summed E-state index contributed by atoms with van der Waals surface area (Å²) in [6, 6.07) is 15.5. The second-order valence-electron chi connectivity index (χ2n) is 5.92. The van der Waals surface area contributed by atoms with Crippen LogP contribution in [0.3, 0.4) is 0 Å². The zero-order valence-corrected chi connectivity index (χ0v) is 13.8. The first-order valence-electron chi connectivity index (χ1n) is 7.90. The Kier molecular flexibility index (Phi) is 6.09. The fourth-order valence-corrected chi connectivity index (χ4v) is 2.03. The van der Waals surface area contributed by atoms with Crippen molar-refractivity contribution in [2.75, 3.05) is 11.9 Å². The molecule has 5 heteroatoms. The Morgan fingerprint density at radius 3 is 2.08 bits per heavy atom. The molecule has 0 heterocycles. The third-order valence-corrected chi connectivity index (χ3v) is 3.68. The van der Waals surface area contributed by atoms with Gasteiger partial charge < -0.3 is 15.7 Å². The molecule has 1 unspecified atom stereocenters. The van der Waals surface area contributed by atoms with Crippen LogP contribution >= 0.6 is 0 Å². The summed E-state index contributed by atoms with van der Waals surface area (Å²) in [5.74, 6) is -0.371. The minimum absolute atomic E-state index is 0.0841. The van der Waals surface area contributed by atoms with E-state index in [2.05, 4.69) is 10.6 Å². The molecular formula is C19H22N2O3. The van der Waals surface area contributed by atoms with Crippen molar-refractivity contribution in [2.24, 2.45) is 5.92 Å². The molecule has 0 bridgehead atoms. The lowest BCUT2D eigenvalue weighted by atomic mass is 10.1. The number of carbonyl (C=O) groups is 2. The largest absolute Gasteiger partial charge is 0.391 e. The molecule has 3 N–H and O–H groups in total. The molecule has 2 aromatic rings. The summed E-state index contributed by atoms with van der Waals surface area (Å²) >= 11 is 0. The Labute approximate surface area is 141 Å². The SMILES string of the molecule is CC(C)C(O)CNC(=O)c1ccc(NC(=O)c2ccccc2)cc1. The molecule has 126 valence electrons. The van der Waals surface area contributed by atoms with Gasteiger partial charge in [0.05, 0.1) is 6.10 Å². The quantitative estimate of drug-likeness (QED) is 0.764. The van der Waals surface area contributed by atoms with Crippen molar-refractivity contribution in [3.05, 3.63) is 65.7 Å². The van der Waals surface area contributed by atoms with E-state index in [1.165, 1.54) is 0 Å². The average Bonchev–Trinajstić information content (AvgIpc) is 2.60. The Morgan fingerprint density at radius 1 is 0.917 bits per heavy atom. The van der Waals surface area contributed by atoms with Crippen LogP contribution < -0.4 is 10.6 Å². The fourth-order valence-electron chi connectivity index (χ4n) is 2.03. The second-order valence-corrected chi connectivity index (χ2v) is 5.92. The predicted molar refractivity (Wildman–Crippen MR) is 94.0 cm³/mol. The molecule has 0 aliphatic rings. The van der Waals surface area contributed by atoms with E-state index in [0.29, 0.717) is 16.8 Å². The zero-order valence-electron chi connectivity index (χ0n) is 13.8. The molecule has 2 aromatic carbocycles. The van der Waals surface area contributed by atoms with Gasteiger partial charge in [0.25, 0.3) is 11.8 Å².